The Labute approximate surface area is 67.9 Å². The Morgan fingerprint density at radius 2 is 2.09 bits per heavy atom. The monoisotopic (exact) mass is 163 g/mol. The quantitative estimate of drug-likeness (QED) is 0.666. The van der Waals surface area contributed by atoms with E-state index in [-0.39, 0.29) is 6.54 Å². The lowest BCUT2D eigenvalue weighted by Crippen LogP contribution is -2.41. The number of nitrogens with two attached hydrogens (primary N) is 1. The standard InChI is InChI=1S/C8H18FNO/c1-4-5-11-8(2,3)7(9)6-10/h7H,4-6,10H2,1-3H3. The van der Waals surface area contributed by atoms with Crippen LogP contribution in [0.3, 0.4) is 0 Å². The second-order valence-corrected chi connectivity index (χ2v) is 3.16. The first-order valence-corrected chi connectivity index (χ1v) is 4.02. The molecule has 0 saturated heterocycles. The molecule has 0 saturated carbocycles. The maximum atomic E-state index is 13.0. The molecule has 0 aromatic rings. The van der Waals surface area contributed by atoms with Gasteiger partial charge in [-0.2, -0.15) is 0 Å². The van der Waals surface area contributed by atoms with E-state index in [0.29, 0.717) is 6.61 Å². The van der Waals surface area contributed by atoms with Gasteiger partial charge in [-0.3, -0.25) is 0 Å². The number of halogens is 1. The minimum Gasteiger partial charge on any atom is -0.373 e. The molecular weight excluding hydrogens is 145 g/mol. The Morgan fingerprint density at radius 1 is 1.55 bits per heavy atom. The van der Waals surface area contributed by atoms with E-state index in [1.807, 2.05) is 6.92 Å². The summed E-state index contributed by atoms with van der Waals surface area (Å²) in [5.74, 6) is 0. The van der Waals surface area contributed by atoms with Gasteiger partial charge >= 0.3 is 0 Å². The van der Waals surface area contributed by atoms with Crippen LogP contribution in [0.25, 0.3) is 0 Å². The van der Waals surface area contributed by atoms with Gasteiger partial charge in [-0.25, -0.2) is 4.39 Å². The van der Waals surface area contributed by atoms with E-state index in [0.717, 1.165) is 6.42 Å². The summed E-state index contributed by atoms with van der Waals surface area (Å²) in [6, 6.07) is 0. The molecule has 1 atom stereocenters. The van der Waals surface area contributed by atoms with Crippen LogP contribution < -0.4 is 5.73 Å². The molecule has 0 aliphatic heterocycles. The summed E-state index contributed by atoms with van der Waals surface area (Å²) in [4.78, 5) is 0. The van der Waals surface area contributed by atoms with Crippen molar-refractivity contribution in [2.75, 3.05) is 13.2 Å². The van der Waals surface area contributed by atoms with Crippen LogP contribution in [0.1, 0.15) is 27.2 Å². The third kappa shape index (κ3) is 3.68. The van der Waals surface area contributed by atoms with Gasteiger partial charge in [0.1, 0.15) is 6.17 Å². The van der Waals surface area contributed by atoms with Gasteiger partial charge in [0.2, 0.25) is 0 Å². The van der Waals surface area contributed by atoms with Gasteiger partial charge in [-0.15, -0.1) is 0 Å². The average molecular weight is 163 g/mol. The van der Waals surface area contributed by atoms with Gasteiger partial charge in [0.25, 0.3) is 0 Å². The van der Waals surface area contributed by atoms with Crippen LogP contribution in [0, 0.1) is 0 Å². The Balaban J connectivity index is 3.77. The van der Waals surface area contributed by atoms with Gasteiger partial charge in [-0.05, 0) is 20.3 Å². The molecular formula is C8H18FNO. The lowest BCUT2D eigenvalue weighted by atomic mass is 10.0. The van der Waals surface area contributed by atoms with Crippen molar-refractivity contribution in [3.05, 3.63) is 0 Å². The lowest BCUT2D eigenvalue weighted by molar-refractivity contribution is -0.0675. The van der Waals surface area contributed by atoms with Gasteiger partial charge in [0, 0.05) is 13.2 Å². The first-order valence-electron chi connectivity index (χ1n) is 4.02. The molecule has 0 bridgehead atoms. The molecule has 1 unspecified atom stereocenters. The van der Waals surface area contributed by atoms with Crippen LogP contribution in [0.5, 0.6) is 0 Å². The zero-order valence-corrected chi connectivity index (χ0v) is 7.56. The van der Waals surface area contributed by atoms with E-state index in [2.05, 4.69) is 0 Å². The van der Waals surface area contributed by atoms with Crippen molar-refractivity contribution in [3.8, 4) is 0 Å². The van der Waals surface area contributed by atoms with Crippen molar-refractivity contribution in [2.45, 2.75) is 39.0 Å². The molecule has 0 fully saturated rings. The fourth-order valence-electron chi connectivity index (χ4n) is 0.739. The summed E-state index contributed by atoms with van der Waals surface area (Å²) in [7, 11) is 0. The summed E-state index contributed by atoms with van der Waals surface area (Å²) in [6.45, 7) is 6.05. The van der Waals surface area contributed by atoms with E-state index in [4.69, 9.17) is 10.5 Å². The Bertz CT molecular complexity index is 106. The molecule has 0 aromatic carbocycles. The zero-order chi connectivity index (χ0) is 8.91. The lowest BCUT2D eigenvalue weighted by Gasteiger charge is -2.27. The normalized spacial score (nSPS) is 15.0. The van der Waals surface area contributed by atoms with Gasteiger partial charge in [-0.1, -0.05) is 6.92 Å². The Kier molecular flexibility index (Phi) is 4.61. The number of ether oxygens (including phenoxy) is 1. The van der Waals surface area contributed by atoms with Crippen molar-refractivity contribution in [1.29, 1.82) is 0 Å². The van der Waals surface area contributed by atoms with E-state index in [1.54, 1.807) is 13.8 Å². The summed E-state index contributed by atoms with van der Waals surface area (Å²) in [6.07, 6.45) is -0.171. The maximum absolute atomic E-state index is 13.0. The van der Waals surface area contributed by atoms with Crippen molar-refractivity contribution >= 4 is 0 Å². The fraction of sp³-hybridized carbons (Fsp3) is 1.00. The third-order valence-electron chi connectivity index (χ3n) is 1.64. The molecule has 68 valence electrons. The molecule has 11 heavy (non-hydrogen) atoms. The number of hydrogen-bond acceptors (Lipinski definition) is 2. The molecule has 0 aromatic heterocycles. The van der Waals surface area contributed by atoms with E-state index in [1.165, 1.54) is 0 Å². The highest BCUT2D eigenvalue weighted by Gasteiger charge is 2.28. The van der Waals surface area contributed by atoms with E-state index >= 15 is 0 Å². The SMILES string of the molecule is CCCOC(C)(C)C(F)CN. The molecule has 0 aliphatic carbocycles. The minimum absolute atomic E-state index is 0.0245. The summed E-state index contributed by atoms with van der Waals surface area (Å²) in [5, 5.41) is 0. The predicted molar refractivity (Wildman–Crippen MR) is 44.3 cm³/mol. The highest BCUT2D eigenvalue weighted by atomic mass is 19.1. The molecule has 0 rings (SSSR count). The second kappa shape index (κ2) is 4.67. The van der Waals surface area contributed by atoms with Crippen molar-refractivity contribution in [2.24, 2.45) is 5.73 Å². The van der Waals surface area contributed by atoms with Crippen molar-refractivity contribution < 1.29 is 9.13 Å². The topological polar surface area (TPSA) is 35.2 Å². The van der Waals surface area contributed by atoms with Crippen molar-refractivity contribution in [3.63, 3.8) is 0 Å². The Morgan fingerprint density at radius 3 is 2.45 bits per heavy atom. The first-order chi connectivity index (χ1) is 5.04. The molecule has 0 heterocycles. The molecule has 0 aliphatic rings. The van der Waals surface area contributed by atoms with Crippen LogP contribution in [0.2, 0.25) is 0 Å². The van der Waals surface area contributed by atoms with Gasteiger partial charge in [0.05, 0.1) is 5.60 Å². The van der Waals surface area contributed by atoms with Crippen LogP contribution in [-0.2, 0) is 4.74 Å². The number of alkyl halides is 1. The Hall–Kier alpha value is -0.150. The van der Waals surface area contributed by atoms with Crippen LogP contribution >= 0.6 is 0 Å². The van der Waals surface area contributed by atoms with Gasteiger partial charge < -0.3 is 10.5 Å². The molecule has 2 N–H and O–H groups in total. The highest BCUT2D eigenvalue weighted by molar-refractivity contribution is 4.79. The highest BCUT2D eigenvalue weighted by Crippen LogP contribution is 2.17. The molecule has 3 heteroatoms. The van der Waals surface area contributed by atoms with Crippen LogP contribution in [0.4, 0.5) is 4.39 Å². The van der Waals surface area contributed by atoms with Crippen molar-refractivity contribution in [1.82, 2.24) is 0 Å². The zero-order valence-electron chi connectivity index (χ0n) is 7.56. The van der Waals surface area contributed by atoms with Gasteiger partial charge in [0.15, 0.2) is 0 Å². The summed E-state index contributed by atoms with van der Waals surface area (Å²) in [5.41, 5.74) is 4.44. The summed E-state index contributed by atoms with van der Waals surface area (Å²) < 4.78 is 18.3. The largest absolute Gasteiger partial charge is 0.373 e. The minimum atomic E-state index is -1.07. The van der Waals surface area contributed by atoms with Crippen LogP contribution in [0.15, 0.2) is 0 Å². The smallest absolute Gasteiger partial charge is 0.140 e. The van der Waals surface area contributed by atoms with E-state index in [9.17, 15) is 4.39 Å². The second-order valence-electron chi connectivity index (χ2n) is 3.16. The third-order valence-corrected chi connectivity index (χ3v) is 1.64. The number of rotatable bonds is 5. The fourth-order valence-corrected chi connectivity index (χ4v) is 0.739. The summed E-state index contributed by atoms with van der Waals surface area (Å²) >= 11 is 0. The average Bonchev–Trinajstić information content (AvgIpc) is 1.99. The maximum Gasteiger partial charge on any atom is 0.140 e. The number of hydrogen-bond donors (Lipinski definition) is 1. The van der Waals surface area contributed by atoms with Crippen LogP contribution in [-0.4, -0.2) is 24.9 Å². The van der Waals surface area contributed by atoms with E-state index < -0.39 is 11.8 Å². The molecule has 0 amide bonds. The molecule has 0 radical (unpaired) electrons. The predicted octanol–water partition coefficient (Wildman–Crippen LogP) is 1.49. The molecule has 0 spiro atoms. The first kappa shape index (κ1) is 10.8. The molecule has 2 nitrogen and oxygen atoms in total.